The molecule has 2 aromatic heterocycles. The Labute approximate surface area is 187 Å². The van der Waals surface area contributed by atoms with E-state index in [1.807, 2.05) is 53.4 Å². The smallest absolute Gasteiger partial charge is 0.282 e. The van der Waals surface area contributed by atoms with Crippen molar-refractivity contribution >= 4 is 50.4 Å². The Kier molecular flexibility index (Phi) is 5.52. The molecule has 0 spiro atoms. The lowest BCUT2D eigenvalue weighted by atomic mass is 10.2. The van der Waals surface area contributed by atoms with Gasteiger partial charge in [-0.2, -0.15) is 0 Å². The van der Waals surface area contributed by atoms with Gasteiger partial charge in [-0.3, -0.25) is 9.69 Å². The molecule has 30 heavy (non-hydrogen) atoms. The van der Waals surface area contributed by atoms with Crippen LogP contribution in [-0.4, -0.2) is 51.9 Å². The van der Waals surface area contributed by atoms with Crippen molar-refractivity contribution in [2.75, 3.05) is 26.2 Å². The van der Waals surface area contributed by atoms with Crippen molar-refractivity contribution in [3.05, 3.63) is 68.9 Å². The molecule has 2 aromatic carbocycles. The van der Waals surface area contributed by atoms with Gasteiger partial charge in [-0.05, 0) is 24.3 Å². The molecule has 1 saturated heterocycles. The maximum atomic E-state index is 12.9. The highest BCUT2D eigenvalue weighted by molar-refractivity contribution is 7.20. The molecule has 1 fully saturated rings. The summed E-state index contributed by atoms with van der Waals surface area (Å²) in [6.45, 7) is 3.91. The second kappa shape index (κ2) is 8.43. The van der Waals surface area contributed by atoms with Crippen molar-refractivity contribution in [2.24, 2.45) is 0 Å². The number of amides is 1. The predicted molar refractivity (Wildman–Crippen MR) is 123 cm³/mol. The number of carbonyl (C=O) groups excluding carboxylic acids is 1. The molecule has 0 saturated carbocycles. The predicted octanol–water partition coefficient (Wildman–Crippen LogP) is 5.03. The average molecular weight is 455 g/mol. The van der Waals surface area contributed by atoms with E-state index >= 15 is 0 Å². The first-order valence-corrected chi connectivity index (χ1v) is 11.8. The van der Waals surface area contributed by atoms with Gasteiger partial charge < -0.3 is 4.90 Å². The Bertz CT molecular complexity index is 1150. The van der Waals surface area contributed by atoms with E-state index < -0.39 is 0 Å². The molecule has 0 bridgehead atoms. The molecule has 0 radical (unpaired) electrons. The highest BCUT2D eigenvalue weighted by Gasteiger charge is 2.25. The van der Waals surface area contributed by atoms with Crippen LogP contribution in [0.15, 0.2) is 53.9 Å². The van der Waals surface area contributed by atoms with Gasteiger partial charge in [0.15, 0.2) is 5.01 Å². The van der Waals surface area contributed by atoms with Gasteiger partial charge in [0, 0.05) is 42.1 Å². The van der Waals surface area contributed by atoms with Gasteiger partial charge in [0.25, 0.3) is 5.91 Å². The number of benzene rings is 2. The normalized spacial score (nSPS) is 15.0. The number of hydrogen-bond acceptors (Lipinski definition) is 6. The summed E-state index contributed by atoms with van der Waals surface area (Å²) in [7, 11) is 0. The van der Waals surface area contributed by atoms with Gasteiger partial charge >= 0.3 is 0 Å². The monoisotopic (exact) mass is 454 g/mol. The zero-order valence-corrected chi connectivity index (χ0v) is 18.5. The summed E-state index contributed by atoms with van der Waals surface area (Å²) in [5, 5.41) is 4.49. The first-order chi connectivity index (χ1) is 14.7. The van der Waals surface area contributed by atoms with Gasteiger partial charge in [-0.25, -0.2) is 9.97 Å². The topological polar surface area (TPSA) is 49.3 Å². The summed E-state index contributed by atoms with van der Waals surface area (Å²) in [6, 6.07) is 15.6. The largest absolute Gasteiger partial charge is 0.334 e. The van der Waals surface area contributed by atoms with Gasteiger partial charge in [0.1, 0.15) is 5.01 Å². The highest BCUT2D eigenvalue weighted by atomic mass is 35.5. The molecule has 1 amide bonds. The maximum Gasteiger partial charge on any atom is 0.282 e. The number of piperazine rings is 1. The summed E-state index contributed by atoms with van der Waals surface area (Å²) in [5.41, 5.74) is 2.95. The molecule has 0 N–H and O–H groups in total. The van der Waals surface area contributed by atoms with Gasteiger partial charge in [0.2, 0.25) is 0 Å². The number of aromatic nitrogens is 2. The van der Waals surface area contributed by atoms with E-state index in [2.05, 4.69) is 15.3 Å². The minimum Gasteiger partial charge on any atom is -0.334 e. The molecule has 0 aliphatic carbocycles. The molecule has 152 valence electrons. The third kappa shape index (κ3) is 4.11. The molecule has 3 heterocycles. The zero-order chi connectivity index (χ0) is 20.5. The highest BCUT2D eigenvalue weighted by Crippen LogP contribution is 2.25. The molecule has 5 nitrogen and oxygen atoms in total. The second-order valence-corrected chi connectivity index (χ2v) is 9.60. The van der Waals surface area contributed by atoms with Crippen LogP contribution in [0.1, 0.15) is 14.8 Å². The number of nitrogens with zero attached hydrogens (tertiary/aromatic N) is 4. The fourth-order valence-corrected chi connectivity index (χ4v) is 5.44. The quantitative estimate of drug-likeness (QED) is 0.434. The lowest BCUT2D eigenvalue weighted by Gasteiger charge is -2.33. The number of hydrogen-bond donors (Lipinski definition) is 0. The summed E-state index contributed by atoms with van der Waals surface area (Å²) >= 11 is 9.12. The minimum atomic E-state index is 0.0372. The van der Waals surface area contributed by atoms with Crippen LogP contribution in [0.25, 0.3) is 21.5 Å². The second-order valence-electron chi connectivity index (χ2n) is 7.19. The van der Waals surface area contributed by atoms with Crippen molar-refractivity contribution in [1.29, 1.82) is 0 Å². The van der Waals surface area contributed by atoms with Crippen LogP contribution in [0.2, 0.25) is 5.02 Å². The Morgan fingerprint density at radius 2 is 1.77 bits per heavy atom. The Balaban J connectivity index is 1.19. The van der Waals surface area contributed by atoms with E-state index in [1.165, 1.54) is 11.3 Å². The fourth-order valence-electron chi connectivity index (χ4n) is 3.54. The number of fused-ring (bicyclic) bond motifs is 1. The molecule has 5 rings (SSSR count). The summed E-state index contributed by atoms with van der Waals surface area (Å²) in [5.74, 6) is 0.0372. The van der Waals surface area contributed by atoms with Crippen molar-refractivity contribution in [1.82, 2.24) is 19.8 Å². The van der Waals surface area contributed by atoms with Gasteiger partial charge in [0.05, 0.1) is 22.5 Å². The lowest BCUT2D eigenvalue weighted by molar-refractivity contribution is 0.0628. The van der Waals surface area contributed by atoms with Crippen LogP contribution < -0.4 is 0 Å². The number of rotatable bonds is 4. The van der Waals surface area contributed by atoms with E-state index in [9.17, 15) is 4.79 Å². The van der Waals surface area contributed by atoms with Crippen LogP contribution in [-0.2, 0) is 6.54 Å². The van der Waals surface area contributed by atoms with E-state index in [4.69, 9.17) is 16.6 Å². The van der Waals surface area contributed by atoms with Crippen molar-refractivity contribution in [3.63, 3.8) is 0 Å². The molecule has 0 unspecified atom stereocenters. The first-order valence-electron chi connectivity index (χ1n) is 9.73. The van der Waals surface area contributed by atoms with Crippen LogP contribution in [0.3, 0.4) is 0 Å². The lowest BCUT2D eigenvalue weighted by Crippen LogP contribution is -2.48. The molecule has 4 aromatic rings. The summed E-state index contributed by atoms with van der Waals surface area (Å²) in [6.07, 6.45) is 0. The Morgan fingerprint density at radius 3 is 2.53 bits per heavy atom. The average Bonchev–Trinajstić information content (AvgIpc) is 3.41. The van der Waals surface area contributed by atoms with Crippen molar-refractivity contribution < 1.29 is 4.79 Å². The van der Waals surface area contributed by atoms with E-state index in [0.717, 1.165) is 51.1 Å². The third-order valence-corrected chi connectivity index (χ3v) is 7.30. The van der Waals surface area contributed by atoms with Gasteiger partial charge in [-0.1, -0.05) is 35.9 Å². The number of halogens is 1. The first kappa shape index (κ1) is 19.6. The molecule has 8 heteroatoms. The van der Waals surface area contributed by atoms with Crippen LogP contribution in [0.4, 0.5) is 0 Å². The number of thiazole rings is 2. The van der Waals surface area contributed by atoms with Crippen molar-refractivity contribution in [2.45, 2.75) is 6.54 Å². The van der Waals surface area contributed by atoms with Gasteiger partial charge in [-0.15, -0.1) is 22.7 Å². The number of para-hydroxylation sites is 1. The number of carbonyl (C=O) groups is 1. The van der Waals surface area contributed by atoms with Crippen molar-refractivity contribution in [3.8, 4) is 11.3 Å². The molecule has 1 aliphatic rings. The SMILES string of the molecule is O=C(c1nc2ccccc2s1)N1CCN(Cc2nc(-c3ccc(Cl)cc3)cs2)CC1. The summed E-state index contributed by atoms with van der Waals surface area (Å²) < 4.78 is 1.06. The van der Waals surface area contributed by atoms with Crippen LogP contribution in [0, 0.1) is 0 Å². The van der Waals surface area contributed by atoms with E-state index in [-0.39, 0.29) is 5.91 Å². The standard InChI is InChI=1S/C22H19ClN4OS2/c23-16-7-5-15(6-8-16)18-14-29-20(24-18)13-26-9-11-27(12-10-26)22(28)21-25-17-3-1-2-4-19(17)30-21/h1-8,14H,9-13H2. The zero-order valence-electron chi connectivity index (χ0n) is 16.1. The molecular formula is C22H19ClN4OS2. The fraction of sp³-hybridized carbons (Fsp3) is 0.227. The Morgan fingerprint density at radius 1 is 1.00 bits per heavy atom. The minimum absolute atomic E-state index is 0.0372. The molecule has 1 aliphatic heterocycles. The Hall–Kier alpha value is -2.32. The van der Waals surface area contributed by atoms with E-state index in [0.29, 0.717) is 18.1 Å². The maximum absolute atomic E-state index is 12.9. The summed E-state index contributed by atoms with van der Waals surface area (Å²) in [4.78, 5) is 26.4. The van der Waals surface area contributed by atoms with Crippen LogP contribution in [0.5, 0.6) is 0 Å². The molecular weight excluding hydrogens is 436 g/mol. The van der Waals surface area contributed by atoms with E-state index in [1.54, 1.807) is 11.3 Å². The third-order valence-electron chi connectivity index (χ3n) is 5.19. The van der Waals surface area contributed by atoms with Crippen LogP contribution >= 0.6 is 34.3 Å². The molecule has 0 atom stereocenters.